The molecule has 0 radical (unpaired) electrons. The number of aryl methyl sites for hydroxylation is 2. The summed E-state index contributed by atoms with van der Waals surface area (Å²) in [4.78, 5) is 12.7. The van der Waals surface area contributed by atoms with Crippen LogP contribution in [0.4, 0.5) is 5.69 Å². The van der Waals surface area contributed by atoms with E-state index in [9.17, 15) is 4.79 Å². The van der Waals surface area contributed by atoms with Crippen molar-refractivity contribution in [2.24, 2.45) is 7.05 Å². The Morgan fingerprint density at radius 1 is 1.28 bits per heavy atom. The van der Waals surface area contributed by atoms with Crippen molar-refractivity contribution in [3.8, 4) is 11.4 Å². The smallest absolute Gasteiger partial charge is 0.273 e. The van der Waals surface area contributed by atoms with Crippen LogP contribution in [0.15, 0.2) is 36.7 Å². The lowest BCUT2D eigenvalue weighted by molar-refractivity contribution is 0.101. The maximum Gasteiger partial charge on any atom is 0.273 e. The lowest BCUT2D eigenvalue weighted by atomic mass is 10.1. The summed E-state index contributed by atoms with van der Waals surface area (Å²) < 4.78 is 3.57. The predicted octanol–water partition coefficient (Wildman–Crippen LogP) is 3.07. The number of aromatic nitrogens is 5. The summed E-state index contributed by atoms with van der Waals surface area (Å²) in [5, 5.41) is 15.4. The molecule has 0 atom stereocenters. The Morgan fingerprint density at radius 2 is 2.08 bits per heavy atom. The molecule has 1 N–H and O–H groups in total. The first-order valence-electron chi connectivity index (χ1n) is 8.33. The number of hydrogen-bond acceptors (Lipinski definition) is 4. The number of carbonyl (C=O) groups is 1. The molecule has 7 heteroatoms. The van der Waals surface area contributed by atoms with Crippen LogP contribution in [-0.4, -0.2) is 30.5 Å². The molecule has 7 nitrogen and oxygen atoms in total. The van der Waals surface area contributed by atoms with Crippen LogP contribution in [0.2, 0.25) is 0 Å². The van der Waals surface area contributed by atoms with Crippen LogP contribution in [-0.2, 0) is 13.6 Å². The van der Waals surface area contributed by atoms with E-state index in [0.29, 0.717) is 17.9 Å². The van der Waals surface area contributed by atoms with E-state index in [2.05, 4.69) is 34.5 Å². The van der Waals surface area contributed by atoms with Gasteiger partial charge in [-0.2, -0.15) is 5.10 Å². The molecule has 1 aromatic carbocycles. The second-order valence-corrected chi connectivity index (χ2v) is 6.23. The summed E-state index contributed by atoms with van der Waals surface area (Å²) in [7, 11) is 1.88. The summed E-state index contributed by atoms with van der Waals surface area (Å²) in [5.74, 6) is 0.853. The number of rotatable bonds is 5. The molecular formula is C18H22N6O. The molecule has 0 aliphatic carbocycles. The maximum absolute atomic E-state index is 12.7. The normalized spacial score (nSPS) is 11.1. The lowest BCUT2D eigenvalue weighted by Gasteiger charge is -2.08. The second kappa shape index (κ2) is 6.88. The Balaban J connectivity index is 1.86. The Hall–Kier alpha value is -2.96. The molecule has 0 aliphatic heterocycles. The lowest BCUT2D eigenvalue weighted by Crippen LogP contribution is -2.17. The van der Waals surface area contributed by atoms with Gasteiger partial charge in [-0.05, 0) is 31.0 Å². The molecule has 25 heavy (non-hydrogen) atoms. The van der Waals surface area contributed by atoms with Gasteiger partial charge in [0.1, 0.15) is 12.0 Å². The second-order valence-electron chi connectivity index (χ2n) is 6.23. The Kier molecular flexibility index (Phi) is 4.65. The van der Waals surface area contributed by atoms with Gasteiger partial charge in [0.05, 0.1) is 5.69 Å². The molecule has 0 saturated heterocycles. The van der Waals surface area contributed by atoms with Gasteiger partial charge in [0.2, 0.25) is 0 Å². The Morgan fingerprint density at radius 3 is 2.72 bits per heavy atom. The number of benzene rings is 1. The largest absolute Gasteiger partial charge is 0.321 e. The highest BCUT2D eigenvalue weighted by Gasteiger charge is 2.16. The van der Waals surface area contributed by atoms with Crippen molar-refractivity contribution in [3.63, 3.8) is 0 Å². The minimum absolute atomic E-state index is 0.170. The minimum Gasteiger partial charge on any atom is -0.321 e. The molecule has 0 aliphatic rings. The molecule has 0 saturated carbocycles. The van der Waals surface area contributed by atoms with E-state index in [1.807, 2.05) is 48.9 Å². The summed E-state index contributed by atoms with van der Waals surface area (Å²) in [5.41, 5.74) is 3.08. The van der Waals surface area contributed by atoms with Gasteiger partial charge in [-0.15, -0.1) is 10.2 Å². The van der Waals surface area contributed by atoms with E-state index in [0.717, 1.165) is 17.1 Å². The summed E-state index contributed by atoms with van der Waals surface area (Å²) >= 11 is 0. The number of amides is 1. The fourth-order valence-electron chi connectivity index (χ4n) is 2.62. The van der Waals surface area contributed by atoms with Crippen molar-refractivity contribution < 1.29 is 4.79 Å². The van der Waals surface area contributed by atoms with Gasteiger partial charge in [0.25, 0.3) is 5.91 Å². The molecule has 0 spiro atoms. The van der Waals surface area contributed by atoms with Gasteiger partial charge in [-0.25, -0.2) is 0 Å². The van der Waals surface area contributed by atoms with E-state index < -0.39 is 0 Å². The van der Waals surface area contributed by atoms with Crippen molar-refractivity contribution in [1.82, 2.24) is 24.5 Å². The van der Waals surface area contributed by atoms with E-state index >= 15 is 0 Å². The van der Waals surface area contributed by atoms with Crippen LogP contribution in [0.3, 0.4) is 0 Å². The van der Waals surface area contributed by atoms with E-state index in [1.165, 1.54) is 0 Å². The van der Waals surface area contributed by atoms with Crippen LogP contribution in [0, 0.1) is 0 Å². The fraction of sp³-hybridized carbons (Fsp3) is 0.333. The summed E-state index contributed by atoms with van der Waals surface area (Å²) in [6, 6.07) is 9.42. The number of anilines is 1. The molecule has 0 bridgehead atoms. The summed E-state index contributed by atoms with van der Waals surface area (Å²) in [6.07, 6.45) is 1.65. The van der Waals surface area contributed by atoms with Gasteiger partial charge in [0.15, 0.2) is 5.82 Å². The highest BCUT2D eigenvalue weighted by atomic mass is 16.2. The average molecular weight is 338 g/mol. The zero-order valence-electron chi connectivity index (χ0n) is 14.9. The predicted molar refractivity (Wildman–Crippen MR) is 96.4 cm³/mol. The number of nitrogens with zero attached hydrogens (tertiary/aromatic N) is 5. The van der Waals surface area contributed by atoms with Crippen molar-refractivity contribution in [3.05, 3.63) is 48.0 Å². The van der Waals surface area contributed by atoms with Crippen LogP contribution < -0.4 is 5.32 Å². The third-order valence-corrected chi connectivity index (χ3v) is 4.01. The van der Waals surface area contributed by atoms with Crippen molar-refractivity contribution in [2.75, 3.05) is 5.32 Å². The molecule has 3 aromatic rings. The van der Waals surface area contributed by atoms with Crippen LogP contribution >= 0.6 is 0 Å². The monoisotopic (exact) mass is 338 g/mol. The van der Waals surface area contributed by atoms with E-state index in [4.69, 9.17) is 0 Å². The van der Waals surface area contributed by atoms with Crippen molar-refractivity contribution in [2.45, 2.75) is 33.2 Å². The van der Waals surface area contributed by atoms with Gasteiger partial charge in [-0.1, -0.05) is 26.0 Å². The molecule has 2 aromatic heterocycles. The molecule has 0 unspecified atom stereocenters. The maximum atomic E-state index is 12.7. The molecular weight excluding hydrogens is 316 g/mol. The van der Waals surface area contributed by atoms with E-state index in [-0.39, 0.29) is 11.8 Å². The fourth-order valence-corrected chi connectivity index (χ4v) is 2.62. The number of carbonyl (C=O) groups excluding carboxylic acids is 1. The number of hydrogen-bond donors (Lipinski definition) is 1. The highest BCUT2D eigenvalue weighted by molar-refractivity contribution is 6.03. The molecule has 130 valence electrons. The quantitative estimate of drug-likeness (QED) is 0.775. The average Bonchev–Trinajstić information content (AvgIpc) is 3.21. The third-order valence-electron chi connectivity index (χ3n) is 4.01. The zero-order chi connectivity index (χ0) is 18.0. The Labute approximate surface area is 146 Å². The SMILES string of the molecule is CCn1nc(C(C)C)cc1C(=O)Nc1cccc(-c2nncn2C)c1. The minimum atomic E-state index is -0.170. The molecule has 0 fully saturated rings. The van der Waals surface area contributed by atoms with Gasteiger partial charge in [-0.3, -0.25) is 9.48 Å². The third kappa shape index (κ3) is 3.45. The van der Waals surface area contributed by atoms with Crippen LogP contribution in [0.1, 0.15) is 42.9 Å². The van der Waals surface area contributed by atoms with Gasteiger partial charge < -0.3 is 9.88 Å². The number of nitrogens with one attached hydrogen (secondary N) is 1. The van der Waals surface area contributed by atoms with Crippen LogP contribution in [0.5, 0.6) is 0 Å². The first-order valence-corrected chi connectivity index (χ1v) is 8.33. The summed E-state index contributed by atoms with van der Waals surface area (Å²) in [6.45, 7) is 6.75. The van der Waals surface area contributed by atoms with Crippen molar-refractivity contribution >= 4 is 11.6 Å². The molecule has 1 amide bonds. The Bertz CT molecular complexity index is 893. The van der Waals surface area contributed by atoms with Gasteiger partial charge >= 0.3 is 0 Å². The molecule has 3 rings (SSSR count). The van der Waals surface area contributed by atoms with Crippen molar-refractivity contribution in [1.29, 1.82) is 0 Å². The highest BCUT2D eigenvalue weighted by Crippen LogP contribution is 2.21. The molecule has 2 heterocycles. The van der Waals surface area contributed by atoms with E-state index in [1.54, 1.807) is 11.0 Å². The van der Waals surface area contributed by atoms with Crippen LogP contribution in [0.25, 0.3) is 11.4 Å². The first kappa shape index (κ1) is 16.9. The standard InChI is InChI=1S/C18H22N6O/c1-5-24-16(10-15(22-24)12(2)3)18(25)20-14-8-6-7-13(9-14)17-21-19-11-23(17)4/h6-12H,5H2,1-4H3,(H,20,25). The topological polar surface area (TPSA) is 77.6 Å². The zero-order valence-corrected chi connectivity index (χ0v) is 14.9. The first-order chi connectivity index (χ1) is 12.0. The van der Waals surface area contributed by atoms with Gasteiger partial charge in [0, 0.05) is 24.8 Å².